The van der Waals surface area contributed by atoms with Crippen LogP contribution in [0, 0.1) is 0 Å². The van der Waals surface area contributed by atoms with Crippen molar-refractivity contribution >= 4 is 26.0 Å². The van der Waals surface area contributed by atoms with Gasteiger partial charge < -0.3 is 0 Å². The molecule has 1 rings (SSSR count). The van der Waals surface area contributed by atoms with E-state index in [1.165, 1.54) is 11.3 Å². The predicted molar refractivity (Wildman–Crippen MR) is 39.6 cm³/mol. The molecule has 1 aromatic heterocycles. The van der Waals surface area contributed by atoms with Crippen LogP contribution in [0.5, 0.6) is 0 Å². The van der Waals surface area contributed by atoms with E-state index in [9.17, 15) is 4.79 Å². The zero-order chi connectivity index (χ0) is 5.11. The van der Waals surface area contributed by atoms with Crippen molar-refractivity contribution in [3.8, 4) is 0 Å². The van der Waals surface area contributed by atoms with Gasteiger partial charge >= 0.3 is 0 Å². The molecule has 1 nitrogen and oxygen atoms in total. The van der Waals surface area contributed by atoms with Crippen LogP contribution in [0.1, 0.15) is 9.67 Å². The number of carbonyl (C=O) groups excluding carboxylic acids is 1. The molecule has 0 aliphatic heterocycles. The lowest BCUT2D eigenvalue weighted by Gasteiger charge is -1.66. The molecule has 0 fully saturated rings. The molecular weight excluding hydrogens is 119 g/mol. The van der Waals surface area contributed by atoms with Crippen molar-refractivity contribution in [3.05, 3.63) is 22.4 Å². The summed E-state index contributed by atoms with van der Waals surface area (Å²) < 4.78 is 0. The van der Waals surface area contributed by atoms with Gasteiger partial charge in [-0.2, -0.15) is 0 Å². The SMILES string of the molecule is B.O=Cc1cccs1. The van der Waals surface area contributed by atoms with Crippen molar-refractivity contribution in [1.29, 1.82) is 0 Å². The first-order chi connectivity index (χ1) is 3.43. The lowest BCUT2D eigenvalue weighted by molar-refractivity contribution is 0.112. The smallest absolute Gasteiger partial charge is 0.159 e. The summed E-state index contributed by atoms with van der Waals surface area (Å²) in [6.07, 6.45) is 0.852. The lowest BCUT2D eigenvalue weighted by atomic mass is 10.5. The Balaban J connectivity index is 0.000000490. The van der Waals surface area contributed by atoms with E-state index in [1.54, 1.807) is 6.07 Å². The zero-order valence-electron chi connectivity index (χ0n) is 3.63. The molecule has 1 heterocycles. The average molecular weight is 126 g/mol. The van der Waals surface area contributed by atoms with E-state index >= 15 is 0 Å². The zero-order valence-corrected chi connectivity index (χ0v) is 4.44. The molecule has 3 heteroatoms. The Morgan fingerprint density at radius 2 is 2.38 bits per heavy atom. The Morgan fingerprint density at radius 1 is 1.62 bits per heavy atom. The summed E-state index contributed by atoms with van der Waals surface area (Å²) in [4.78, 5) is 10.7. The van der Waals surface area contributed by atoms with Gasteiger partial charge in [0, 0.05) is 0 Å². The Hall–Kier alpha value is -0.565. The summed E-state index contributed by atoms with van der Waals surface area (Å²) in [5.74, 6) is 0. The fraction of sp³-hybridized carbons (Fsp3) is 0. The fourth-order valence-electron chi connectivity index (χ4n) is 0.358. The number of rotatable bonds is 1. The first-order valence-corrected chi connectivity index (χ1v) is 2.80. The topological polar surface area (TPSA) is 17.1 Å². The van der Waals surface area contributed by atoms with Crippen molar-refractivity contribution in [2.75, 3.05) is 0 Å². The first-order valence-electron chi connectivity index (χ1n) is 1.92. The summed E-state index contributed by atoms with van der Waals surface area (Å²) in [6, 6.07) is 3.64. The number of thiophene rings is 1. The highest BCUT2D eigenvalue weighted by molar-refractivity contribution is 7.11. The van der Waals surface area contributed by atoms with Crippen molar-refractivity contribution in [3.63, 3.8) is 0 Å². The maximum absolute atomic E-state index is 9.88. The van der Waals surface area contributed by atoms with Crippen LogP contribution in [-0.4, -0.2) is 14.7 Å². The molecule has 42 valence electrons. The molecule has 0 aliphatic carbocycles. The van der Waals surface area contributed by atoms with Gasteiger partial charge in [-0.05, 0) is 11.4 Å². The molecule has 8 heavy (non-hydrogen) atoms. The summed E-state index contributed by atoms with van der Waals surface area (Å²) in [7, 11) is 0. The molecule has 0 saturated heterocycles. The molecule has 0 N–H and O–H groups in total. The summed E-state index contributed by atoms with van der Waals surface area (Å²) in [5.41, 5.74) is 0. The summed E-state index contributed by atoms with van der Waals surface area (Å²) in [5, 5.41) is 1.88. The monoisotopic (exact) mass is 126 g/mol. The molecular formula is C5H7BOS. The maximum Gasteiger partial charge on any atom is 0.159 e. The minimum absolute atomic E-state index is 0. The van der Waals surface area contributed by atoms with Crippen LogP contribution in [0.25, 0.3) is 0 Å². The third-order valence-corrected chi connectivity index (χ3v) is 1.46. The minimum Gasteiger partial charge on any atom is -0.297 e. The summed E-state index contributed by atoms with van der Waals surface area (Å²) in [6.45, 7) is 0. The molecule has 0 aliphatic rings. The van der Waals surface area contributed by atoms with Gasteiger partial charge in [-0.1, -0.05) is 6.07 Å². The number of aldehydes is 1. The quantitative estimate of drug-likeness (QED) is 0.392. The largest absolute Gasteiger partial charge is 0.297 e. The van der Waals surface area contributed by atoms with E-state index in [0.717, 1.165) is 11.2 Å². The molecule has 0 saturated carbocycles. The predicted octanol–water partition coefficient (Wildman–Crippen LogP) is 0.377. The summed E-state index contributed by atoms with van der Waals surface area (Å²) >= 11 is 1.45. The van der Waals surface area contributed by atoms with Gasteiger partial charge in [-0.3, -0.25) is 4.79 Å². The standard InChI is InChI=1S/C5H4OS.BH3/c6-4-5-2-1-3-7-5;/h1-4H;1H3. The van der Waals surface area contributed by atoms with Gasteiger partial charge in [0.2, 0.25) is 0 Å². The van der Waals surface area contributed by atoms with Crippen LogP contribution in [0.3, 0.4) is 0 Å². The van der Waals surface area contributed by atoms with E-state index in [1.807, 2.05) is 11.4 Å². The van der Waals surface area contributed by atoms with E-state index in [0.29, 0.717) is 0 Å². The average Bonchev–Trinajstić information content (AvgIpc) is 2.14. The fourth-order valence-corrected chi connectivity index (χ4v) is 0.885. The lowest BCUT2D eigenvalue weighted by Crippen LogP contribution is -1.61. The Bertz CT molecular complexity index is 147. The van der Waals surface area contributed by atoms with Crippen molar-refractivity contribution in [2.24, 2.45) is 0 Å². The van der Waals surface area contributed by atoms with Gasteiger partial charge in [-0.15, -0.1) is 11.3 Å². The van der Waals surface area contributed by atoms with Crippen LogP contribution in [0.4, 0.5) is 0 Å². The molecule has 0 spiro atoms. The normalized spacial score (nSPS) is 7.50. The van der Waals surface area contributed by atoms with Crippen LogP contribution in [0.15, 0.2) is 17.5 Å². The Kier molecular flexibility index (Phi) is 3.20. The molecule has 1 aromatic rings. The van der Waals surface area contributed by atoms with E-state index in [-0.39, 0.29) is 8.41 Å². The van der Waals surface area contributed by atoms with E-state index in [4.69, 9.17) is 0 Å². The van der Waals surface area contributed by atoms with Crippen LogP contribution < -0.4 is 0 Å². The van der Waals surface area contributed by atoms with E-state index < -0.39 is 0 Å². The van der Waals surface area contributed by atoms with E-state index in [2.05, 4.69) is 0 Å². The van der Waals surface area contributed by atoms with Crippen molar-refractivity contribution < 1.29 is 4.79 Å². The van der Waals surface area contributed by atoms with Gasteiger partial charge in [0.25, 0.3) is 0 Å². The molecule has 0 bridgehead atoms. The Morgan fingerprint density at radius 3 is 2.62 bits per heavy atom. The number of hydrogen-bond acceptors (Lipinski definition) is 2. The maximum atomic E-state index is 9.88. The van der Waals surface area contributed by atoms with Crippen LogP contribution in [-0.2, 0) is 0 Å². The highest BCUT2D eigenvalue weighted by atomic mass is 32.1. The molecule has 0 unspecified atom stereocenters. The van der Waals surface area contributed by atoms with Crippen molar-refractivity contribution in [2.45, 2.75) is 0 Å². The first kappa shape index (κ1) is 7.43. The minimum atomic E-state index is 0. The molecule has 0 atom stereocenters. The highest BCUT2D eigenvalue weighted by Crippen LogP contribution is 2.02. The van der Waals surface area contributed by atoms with Gasteiger partial charge in [0.05, 0.1) is 13.3 Å². The van der Waals surface area contributed by atoms with Crippen LogP contribution >= 0.6 is 11.3 Å². The Labute approximate surface area is 53.9 Å². The highest BCUT2D eigenvalue weighted by Gasteiger charge is 1.82. The van der Waals surface area contributed by atoms with Crippen molar-refractivity contribution in [1.82, 2.24) is 0 Å². The second-order valence-electron chi connectivity index (χ2n) is 1.13. The van der Waals surface area contributed by atoms with Gasteiger partial charge in [0.1, 0.15) is 0 Å². The number of hydrogen-bond donors (Lipinski definition) is 0. The molecule has 0 radical (unpaired) electrons. The number of carbonyl (C=O) groups is 1. The van der Waals surface area contributed by atoms with Gasteiger partial charge in [-0.25, -0.2) is 0 Å². The third-order valence-electron chi connectivity index (χ3n) is 0.659. The van der Waals surface area contributed by atoms with Crippen LogP contribution in [0.2, 0.25) is 0 Å². The second-order valence-corrected chi connectivity index (χ2v) is 2.11. The molecule has 0 amide bonds. The third kappa shape index (κ3) is 1.50. The van der Waals surface area contributed by atoms with Gasteiger partial charge in [0.15, 0.2) is 6.29 Å². The second kappa shape index (κ2) is 3.44. The molecule has 0 aromatic carbocycles.